The first-order valence-corrected chi connectivity index (χ1v) is 11.5. The van der Waals surface area contributed by atoms with Gasteiger partial charge in [0.05, 0.1) is 16.3 Å². The first-order valence-electron chi connectivity index (χ1n) is 10.0. The molecule has 1 fully saturated rings. The van der Waals surface area contributed by atoms with E-state index in [9.17, 15) is 13.2 Å². The van der Waals surface area contributed by atoms with E-state index < -0.39 is 10.0 Å². The molecule has 1 aliphatic rings. The number of carbonyl (C=O) groups excluding carboxylic acids is 1. The zero-order valence-corrected chi connectivity index (χ0v) is 18.0. The summed E-state index contributed by atoms with van der Waals surface area (Å²) in [5.74, 6) is -0.351. The summed E-state index contributed by atoms with van der Waals surface area (Å²) in [6, 6.07) is 13.7. The Bertz CT molecular complexity index is 999. The quantitative estimate of drug-likeness (QED) is 0.632. The SMILES string of the molecule is C=CCNS(=O)(=O)c1cccc(C(=O)Nc2ccccc2N2CCN(CC)CC2)c1. The van der Waals surface area contributed by atoms with Crippen LogP contribution in [0.25, 0.3) is 0 Å². The van der Waals surface area contributed by atoms with E-state index in [0.717, 1.165) is 38.4 Å². The molecule has 30 heavy (non-hydrogen) atoms. The van der Waals surface area contributed by atoms with E-state index in [-0.39, 0.29) is 22.9 Å². The third-order valence-electron chi connectivity index (χ3n) is 5.14. The van der Waals surface area contributed by atoms with Gasteiger partial charge in [-0.1, -0.05) is 31.2 Å². The van der Waals surface area contributed by atoms with Crippen LogP contribution in [-0.4, -0.2) is 58.5 Å². The summed E-state index contributed by atoms with van der Waals surface area (Å²) in [4.78, 5) is 17.6. The fourth-order valence-electron chi connectivity index (χ4n) is 3.41. The number of rotatable bonds is 8. The molecule has 0 saturated carbocycles. The second-order valence-electron chi connectivity index (χ2n) is 7.06. The van der Waals surface area contributed by atoms with Crippen LogP contribution >= 0.6 is 0 Å². The predicted octanol–water partition coefficient (Wildman–Crippen LogP) is 2.55. The molecule has 1 amide bonds. The molecule has 0 aromatic heterocycles. The van der Waals surface area contributed by atoms with Crippen molar-refractivity contribution in [3.63, 3.8) is 0 Å². The summed E-state index contributed by atoms with van der Waals surface area (Å²) >= 11 is 0. The Morgan fingerprint density at radius 2 is 1.83 bits per heavy atom. The predicted molar refractivity (Wildman–Crippen MR) is 121 cm³/mol. The van der Waals surface area contributed by atoms with Crippen molar-refractivity contribution in [2.24, 2.45) is 0 Å². The van der Waals surface area contributed by atoms with Crippen molar-refractivity contribution in [3.05, 3.63) is 66.7 Å². The monoisotopic (exact) mass is 428 g/mol. The van der Waals surface area contributed by atoms with Gasteiger partial charge in [-0.2, -0.15) is 0 Å². The van der Waals surface area contributed by atoms with Crippen LogP contribution in [0.3, 0.4) is 0 Å². The van der Waals surface area contributed by atoms with Gasteiger partial charge in [0, 0.05) is 38.3 Å². The number of amides is 1. The highest BCUT2D eigenvalue weighted by atomic mass is 32.2. The number of anilines is 2. The van der Waals surface area contributed by atoms with Gasteiger partial charge < -0.3 is 15.1 Å². The summed E-state index contributed by atoms with van der Waals surface area (Å²) < 4.78 is 27.1. The molecule has 2 aromatic rings. The van der Waals surface area contributed by atoms with Crippen molar-refractivity contribution in [2.75, 3.05) is 49.5 Å². The second-order valence-corrected chi connectivity index (χ2v) is 8.83. The summed E-state index contributed by atoms with van der Waals surface area (Å²) in [6.45, 7) is 10.6. The molecule has 7 nitrogen and oxygen atoms in total. The van der Waals surface area contributed by atoms with Gasteiger partial charge >= 0.3 is 0 Å². The molecule has 0 unspecified atom stereocenters. The Morgan fingerprint density at radius 1 is 1.10 bits per heavy atom. The van der Waals surface area contributed by atoms with Crippen molar-refractivity contribution >= 4 is 27.3 Å². The van der Waals surface area contributed by atoms with Gasteiger partial charge in [-0.15, -0.1) is 6.58 Å². The number of para-hydroxylation sites is 2. The van der Waals surface area contributed by atoms with Gasteiger partial charge in [-0.05, 0) is 36.9 Å². The molecule has 3 rings (SSSR count). The third kappa shape index (κ3) is 5.27. The van der Waals surface area contributed by atoms with Crippen LogP contribution < -0.4 is 14.9 Å². The summed E-state index contributed by atoms with van der Waals surface area (Å²) in [6.07, 6.45) is 1.46. The fourth-order valence-corrected chi connectivity index (χ4v) is 4.45. The molecule has 0 aliphatic carbocycles. The molecule has 0 bridgehead atoms. The minimum Gasteiger partial charge on any atom is -0.367 e. The highest BCUT2D eigenvalue weighted by Gasteiger charge is 2.20. The topological polar surface area (TPSA) is 81.7 Å². The lowest BCUT2D eigenvalue weighted by Gasteiger charge is -2.36. The van der Waals surface area contributed by atoms with E-state index in [4.69, 9.17) is 0 Å². The fraction of sp³-hybridized carbons (Fsp3) is 0.318. The van der Waals surface area contributed by atoms with Gasteiger partial charge in [-0.3, -0.25) is 4.79 Å². The number of piperazine rings is 1. The van der Waals surface area contributed by atoms with Crippen LogP contribution in [0, 0.1) is 0 Å². The normalized spacial score (nSPS) is 15.0. The molecule has 1 heterocycles. The Labute approximate surface area is 178 Å². The lowest BCUT2D eigenvalue weighted by molar-refractivity contribution is 0.102. The highest BCUT2D eigenvalue weighted by molar-refractivity contribution is 7.89. The van der Waals surface area contributed by atoms with Crippen molar-refractivity contribution in [1.82, 2.24) is 9.62 Å². The number of benzene rings is 2. The molecule has 160 valence electrons. The van der Waals surface area contributed by atoms with Gasteiger partial charge in [0.25, 0.3) is 5.91 Å². The maximum atomic E-state index is 12.9. The Morgan fingerprint density at radius 3 is 2.53 bits per heavy atom. The molecule has 0 atom stereocenters. The molecule has 1 saturated heterocycles. The minimum atomic E-state index is -3.70. The van der Waals surface area contributed by atoms with Gasteiger partial charge in [0.15, 0.2) is 0 Å². The molecule has 0 spiro atoms. The zero-order chi connectivity index (χ0) is 21.6. The number of sulfonamides is 1. The molecule has 0 radical (unpaired) electrons. The van der Waals surface area contributed by atoms with Crippen LogP contribution in [-0.2, 0) is 10.0 Å². The average Bonchev–Trinajstić information content (AvgIpc) is 2.78. The van der Waals surface area contributed by atoms with E-state index in [1.807, 2.05) is 24.3 Å². The smallest absolute Gasteiger partial charge is 0.255 e. The minimum absolute atomic E-state index is 0.0426. The molecular weight excluding hydrogens is 400 g/mol. The average molecular weight is 429 g/mol. The van der Waals surface area contributed by atoms with Crippen LogP contribution in [0.5, 0.6) is 0 Å². The van der Waals surface area contributed by atoms with Crippen molar-refractivity contribution < 1.29 is 13.2 Å². The molecule has 1 aliphatic heterocycles. The van der Waals surface area contributed by atoms with Crippen LogP contribution in [0.1, 0.15) is 17.3 Å². The van der Waals surface area contributed by atoms with E-state index in [1.165, 1.54) is 18.2 Å². The lowest BCUT2D eigenvalue weighted by Crippen LogP contribution is -2.46. The molecule has 2 N–H and O–H groups in total. The van der Waals surface area contributed by atoms with Crippen molar-refractivity contribution in [3.8, 4) is 0 Å². The van der Waals surface area contributed by atoms with Gasteiger partial charge in [-0.25, -0.2) is 13.1 Å². The maximum Gasteiger partial charge on any atom is 0.255 e. The van der Waals surface area contributed by atoms with Gasteiger partial charge in [0.2, 0.25) is 10.0 Å². The number of nitrogens with zero attached hydrogens (tertiary/aromatic N) is 2. The molecule has 2 aromatic carbocycles. The van der Waals surface area contributed by atoms with Gasteiger partial charge in [0.1, 0.15) is 0 Å². The largest absolute Gasteiger partial charge is 0.367 e. The zero-order valence-electron chi connectivity index (χ0n) is 17.2. The molecule has 8 heteroatoms. The summed E-state index contributed by atoms with van der Waals surface area (Å²) in [5.41, 5.74) is 1.96. The van der Waals surface area contributed by atoms with Crippen LogP contribution in [0.4, 0.5) is 11.4 Å². The van der Waals surface area contributed by atoms with E-state index in [0.29, 0.717) is 5.69 Å². The third-order valence-corrected chi connectivity index (χ3v) is 6.56. The highest BCUT2D eigenvalue weighted by Crippen LogP contribution is 2.27. The maximum absolute atomic E-state index is 12.9. The number of likely N-dealkylation sites (N-methyl/N-ethyl adjacent to an activating group) is 1. The number of hydrogen-bond acceptors (Lipinski definition) is 5. The van der Waals surface area contributed by atoms with E-state index >= 15 is 0 Å². The van der Waals surface area contributed by atoms with Crippen molar-refractivity contribution in [1.29, 1.82) is 0 Å². The van der Waals surface area contributed by atoms with E-state index in [2.05, 4.69) is 33.3 Å². The second kappa shape index (κ2) is 9.88. The Balaban J connectivity index is 1.77. The first-order chi connectivity index (χ1) is 14.4. The van der Waals surface area contributed by atoms with Crippen molar-refractivity contribution in [2.45, 2.75) is 11.8 Å². The van der Waals surface area contributed by atoms with Crippen LogP contribution in [0.2, 0.25) is 0 Å². The lowest BCUT2D eigenvalue weighted by atomic mass is 10.1. The Hall–Kier alpha value is -2.68. The summed E-state index contributed by atoms with van der Waals surface area (Å²) in [7, 11) is -3.70. The van der Waals surface area contributed by atoms with Crippen LogP contribution in [0.15, 0.2) is 66.1 Å². The van der Waals surface area contributed by atoms with E-state index in [1.54, 1.807) is 12.1 Å². The summed E-state index contributed by atoms with van der Waals surface area (Å²) in [5, 5.41) is 2.95. The number of carbonyl (C=O) groups is 1. The standard InChI is InChI=1S/C22H28N4O3S/c1-3-12-23-30(28,29)19-9-7-8-18(17-19)22(27)24-20-10-5-6-11-21(20)26-15-13-25(4-2)14-16-26/h3,5-11,17,23H,1,4,12-16H2,2H3,(H,24,27). The Kier molecular flexibility index (Phi) is 7.25. The number of nitrogens with one attached hydrogen (secondary N) is 2. The first kappa shape index (κ1) is 22.0. The molecular formula is C22H28N4O3S. The number of hydrogen-bond donors (Lipinski definition) is 2.